The summed E-state index contributed by atoms with van der Waals surface area (Å²) in [7, 11) is 0. The van der Waals surface area contributed by atoms with Crippen LogP contribution in [0.5, 0.6) is 0 Å². The number of fused-ring (bicyclic) bond motifs is 1. The van der Waals surface area contributed by atoms with Crippen LogP contribution in [-0.4, -0.2) is 35.1 Å². The quantitative estimate of drug-likeness (QED) is 0.913. The van der Waals surface area contributed by atoms with Gasteiger partial charge in [-0.15, -0.1) is 0 Å². The molecule has 1 aromatic carbocycles. The molecule has 1 atom stereocenters. The molecule has 1 aliphatic rings. The van der Waals surface area contributed by atoms with E-state index in [0.717, 1.165) is 18.6 Å². The maximum atomic E-state index is 4.58. The van der Waals surface area contributed by atoms with Gasteiger partial charge in [0.05, 0.1) is 5.52 Å². The van der Waals surface area contributed by atoms with Crippen molar-refractivity contribution in [1.29, 1.82) is 0 Å². The van der Waals surface area contributed by atoms with Crippen LogP contribution >= 0.6 is 0 Å². The molecule has 3 nitrogen and oxygen atoms in total. The van der Waals surface area contributed by atoms with Gasteiger partial charge in [-0.05, 0) is 31.0 Å². The van der Waals surface area contributed by atoms with Crippen LogP contribution < -0.4 is 5.32 Å². The highest BCUT2D eigenvalue weighted by molar-refractivity contribution is 5.81. The first kappa shape index (κ1) is 14.5. The Morgan fingerprint density at radius 2 is 2.14 bits per heavy atom. The highest BCUT2D eigenvalue weighted by atomic mass is 15.2. The van der Waals surface area contributed by atoms with Gasteiger partial charge in [-0.1, -0.05) is 38.1 Å². The fourth-order valence-corrected chi connectivity index (χ4v) is 3.22. The summed E-state index contributed by atoms with van der Waals surface area (Å²) in [5.41, 5.74) is 2.51. The molecule has 0 amide bonds. The molecule has 3 heteroatoms. The fourth-order valence-electron chi connectivity index (χ4n) is 3.22. The second kappa shape index (κ2) is 6.54. The summed E-state index contributed by atoms with van der Waals surface area (Å²) < 4.78 is 0. The van der Waals surface area contributed by atoms with E-state index in [1.54, 1.807) is 0 Å². The van der Waals surface area contributed by atoms with E-state index in [4.69, 9.17) is 0 Å². The lowest BCUT2D eigenvalue weighted by Gasteiger charge is -2.26. The maximum absolute atomic E-state index is 4.58. The number of hydrogen-bond acceptors (Lipinski definition) is 3. The van der Waals surface area contributed by atoms with E-state index < -0.39 is 0 Å². The Hall–Kier alpha value is -1.45. The largest absolute Gasteiger partial charge is 0.313 e. The van der Waals surface area contributed by atoms with Crippen molar-refractivity contribution < 1.29 is 0 Å². The molecular formula is C18H25N3. The van der Waals surface area contributed by atoms with Gasteiger partial charge in [0.25, 0.3) is 0 Å². The lowest BCUT2D eigenvalue weighted by atomic mass is 10.1. The van der Waals surface area contributed by atoms with E-state index in [0.29, 0.717) is 12.1 Å². The van der Waals surface area contributed by atoms with Crippen molar-refractivity contribution >= 4 is 10.9 Å². The van der Waals surface area contributed by atoms with Crippen LogP contribution in [0.15, 0.2) is 36.5 Å². The van der Waals surface area contributed by atoms with E-state index in [-0.39, 0.29) is 0 Å². The van der Waals surface area contributed by atoms with E-state index in [1.807, 2.05) is 12.3 Å². The zero-order chi connectivity index (χ0) is 14.7. The Labute approximate surface area is 127 Å². The number of nitrogens with zero attached hydrogens (tertiary/aromatic N) is 2. The van der Waals surface area contributed by atoms with Gasteiger partial charge in [-0.2, -0.15) is 0 Å². The number of aromatic nitrogens is 1. The van der Waals surface area contributed by atoms with Crippen molar-refractivity contribution in [2.24, 2.45) is 0 Å². The van der Waals surface area contributed by atoms with Gasteiger partial charge < -0.3 is 5.32 Å². The average molecular weight is 283 g/mol. The van der Waals surface area contributed by atoms with E-state index >= 15 is 0 Å². The molecule has 1 aromatic heterocycles. The first-order valence-corrected chi connectivity index (χ1v) is 8.04. The van der Waals surface area contributed by atoms with Gasteiger partial charge in [-0.3, -0.25) is 9.88 Å². The van der Waals surface area contributed by atoms with E-state index in [9.17, 15) is 0 Å². The van der Waals surface area contributed by atoms with Gasteiger partial charge in [0.15, 0.2) is 0 Å². The zero-order valence-corrected chi connectivity index (χ0v) is 13.0. The normalized spacial score (nSPS) is 19.7. The second-order valence-corrected chi connectivity index (χ2v) is 6.32. The Balaban J connectivity index is 1.75. The summed E-state index contributed by atoms with van der Waals surface area (Å²) in [6.45, 7) is 7.74. The summed E-state index contributed by atoms with van der Waals surface area (Å²) in [5.74, 6) is 0. The lowest BCUT2D eigenvalue weighted by Crippen LogP contribution is -2.39. The molecule has 1 fully saturated rings. The maximum Gasteiger partial charge on any atom is 0.0746 e. The summed E-state index contributed by atoms with van der Waals surface area (Å²) >= 11 is 0. The molecule has 0 spiro atoms. The highest BCUT2D eigenvalue weighted by Gasteiger charge is 2.24. The van der Waals surface area contributed by atoms with Crippen molar-refractivity contribution in [2.45, 2.75) is 45.3 Å². The Kier molecular flexibility index (Phi) is 4.51. The molecule has 0 bridgehead atoms. The number of hydrogen-bond donors (Lipinski definition) is 1. The average Bonchev–Trinajstić information content (AvgIpc) is 2.93. The third-order valence-corrected chi connectivity index (χ3v) is 4.35. The van der Waals surface area contributed by atoms with Crippen LogP contribution in [0.3, 0.4) is 0 Å². The molecule has 1 saturated heterocycles. The topological polar surface area (TPSA) is 28.2 Å². The highest BCUT2D eigenvalue weighted by Crippen LogP contribution is 2.23. The minimum absolute atomic E-state index is 0.562. The molecule has 1 N–H and O–H groups in total. The Bertz CT molecular complexity index is 589. The van der Waals surface area contributed by atoms with Crippen LogP contribution in [0.25, 0.3) is 10.9 Å². The molecule has 21 heavy (non-hydrogen) atoms. The predicted octanol–water partition coefficient (Wildman–Crippen LogP) is 3.20. The predicted molar refractivity (Wildman–Crippen MR) is 88.3 cm³/mol. The molecule has 1 unspecified atom stereocenters. The van der Waals surface area contributed by atoms with Gasteiger partial charge in [0, 0.05) is 36.8 Å². The molecule has 1 aliphatic heterocycles. The van der Waals surface area contributed by atoms with Crippen LogP contribution in [0.2, 0.25) is 0 Å². The van der Waals surface area contributed by atoms with Gasteiger partial charge in [0.2, 0.25) is 0 Å². The summed E-state index contributed by atoms with van der Waals surface area (Å²) in [5, 5.41) is 4.82. The van der Waals surface area contributed by atoms with Crippen molar-refractivity contribution in [2.75, 3.05) is 13.1 Å². The molecule has 0 radical (unpaired) electrons. The lowest BCUT2D eigenvalue weighted by molar-refractivity contribution is 0.236. The smallest absolute Gasteiger partial charge is 0.0746 e. The SMILES string of the molecule is CC(C)NCC1CCCN1Cc1cccc2cccnc12. The van der Waals surface area contributed by atoms with E-state index in [2.05, 4.69) is 53.3 Å². The number of benzene rings is 1. The molecule has 112 valence electrons. The first-order valence-electron chi connectivity index (χ1n) is 8.04. The minimum Gasteiger partial charge on any atom is -0.313 e. The van der Waals surface area contributed by atoms with Crippen LogP contribution in [0.1, 0.15) is 32.3 Å². The molecular weight excluding hydrogens is 258 g/mol. The molecule has 3 rings (SSSR count). The number of rotatable bonds is 5. The van der Waals surface area contributed by atoms with E-state index in [1.165, 1.54) is 30.3 Å². The number of nitrogens with one attached hydrogen (secondary N) is 1. The van der Waals surface area contributed by atoms with Gasteiger partial charge >= 0.3 is 0 Å². The molecule has 0 saturated carbocycles. The minimum atomic E-state index is 0.562. The fraction of sp³-hybridized carbons (Fsp3) is 0.500. The Morgan fingerprint density at radius 3 is 3.00 bits per heavy atom. The molecule has 0 aliphatic carbocycles. The van der Waals surface area contributed by atoms with Crippen molar-refractivity contribution in [3.8, 4) is 0 Å². The summed E-state index contributed by atoms with van der Waals surface area (Å²) in [4.78, 5) is 7.19. The first-order chi connectivity index (χ1) is 10.2. The van der Waals surface area contributed by atoms with Crippen molar-refractivity contribution in [1.82, 2.24) is 15.2 Å². The molecule has 2 heterocycles. The van der Waals surface area contributed by atoms with Crippen LogP contribution in [0, 0.1) is 0 Å². The monoisotopic (exact) mass is 283 g/mol. The standard InChI is InChI=1S/C18H25N3/c1-14(2)20-12-17-9-5-11-21(17)13-16-7-3-6-15-8-4-10-19-18(15)16/h3-4,6-8,10,14,17,20H,5,9,11-13H2,1-2H3. The zero-order valence-electron chi connectivity index (χ0n) is 13.0. The number of likely N-dealkylation sites (tertiary alicyclic amines) is 1. The molecule has 2 aromatic rings. The van der Waals surface area contributed by atoms with Crippen molar-refractivity contribution in [3.05, 3.63) is 42.1 Å². The van der Waals surface area contributed by atoms with Gasteiger partial charge in [0.1, 0.15) is 0 Å². The Morgan fingerprint density at radius 1 is 1.29 bits per heavy atom. The number of para-hydroxylation sites is 1. The van der Waals surface area contributed by atoms with Gasteiger partial charge in [-0.25, -0.2) is 0 Å². The van der Waals surface area contributed by atoms with Crippen LogP contribution in [-0.2, 0) is 6.54 Å². The summed E-state index contributed by atoms with van der Waals surface area (Å²) in [6, 6.07) is 11.9. The van der Waals surface area contributed by atoms with Crippen molar-refractivity contribution in [3.63, 3.8) is 0 Å². The third-order valence-electron chi connectivity index (χ3n) is 4.35. The summed E-state index contributed by atoms with van der Waals surface area (Å²) in [6.07, 6.45) is 4.51. The second-order valence-electron chi connectivity index (χ2n) is 6.32. The number of pyridine rings is 1. The van der Waals surface area contributed by atoms with Crippen LogP contribution in [0.4, 0.5) is 0 Å². The third kappa shape index (κ3) is 3.42.